The minimum atomic E-state index is -0.840. The number of ether oxygens (including phenoxy) is 1. The molecule has 0 saturated carbocycles. The molecule has 0 unspecified atom stereocenters. The fourth-order valence-electron chi connectivity index (χ4n) is 3.00. The van der Waals surface area contributed by atoms with Gasteiger partial charge in [-0.25, -0.2) is 4.79 Å². The molecule has 1 aliphatic rings. The van der Waals surface area contributed by atoms with Gasteiger partial charge in [0.25, 0.3) is 5.91 Å². The van der Waals surface area contributed by atoms with E-state index < -0.39 is 18.1 Å². The van der Waals surface area contributed by atoms with Gasteiger partial charge >= 0.3 is 5.97 Å². The monoisotopic (exact) mass is 360 g/mol. The fraction of sp³-hybridized carbons (Fsp3) is 0.550. The van der Waals surface area contributed by atoms with Gasteiger partial charge in [0.05, 0.1) is 6.42 Å². The first kappa shape index (κ1) is 19.9. The highest BCUT2D eigenvalue weighted by atomic mass is 16.5. The number of benzene rings is 1. The first-order valence-electron chi connectivity index (χ1n) is 9.21. The number of carbonyl (C=O) groups is 3. The Balaban J connectivity index is 1.91. The highest BCUT2D eigenvalue weighted by Gasteiger charge is 2.31. The van der Waals surface area contributed by atoms with Crippen LogP contribution < -0.4 is 5.32 Å². The van der Waals surface area contributed by atoms with Crippen molar-refractivity contribution >= 4 is 17.8 Å². The van der Waals surface area contributed by atoms with Gasteiger partial charge in [0.2, 0.25) is 5.91 Å². The molecule has 1 saturated heterocycles. The topological polar surface area (TPSA) is 75.7 Å². The summed E-state index contributed by atoms with van der Waals surface area (Å²) in [4.78, 5) is 38.8. The summed E-state index contributed by atoms with van der Waals surface area (Å²) < 4.78 is 5.35. The van der Waals surface area contributed by atoms with Gasteiger partial charge in [-0.2, -0.15) is 0 Å². The maximum absolute atomic E-state index is 12.5. The van der Waals surface area contributed by atoms with Gasteiger partial charge < -0.3 is 15.0 Å². The second kappa shape index (κ2) is 9.36. The Morgan fingerprint density at radius 2 is 1.69 bits per heavy atom. The summed E-state index contributed by atoms with van der Waals surface area (Å²) in [5, 5.41) is 2.74. The molecule has 142 valence electrons. The first-order valence-corrected chi connectivity index (χ1v) is 9.21. The van der Waals surface area contributed by atoms with Crippen molar-refractivity contribution in [3.8, 4) is 0 Å². The van der Waals surface area contributed by atoms with Crippen LogP contribution in [0.2, 0.25) is 0 Å². The molecule has 1 fully saturated rings. The van der Waals surface area contributed by atoms with E-state index >= 15 is 0 Å². The Morgan fingerprint density at radius 1 is 1.08 bits per heavy atom. The molecule has 1 aromatic carbocycles. The molecule has 6 nitrogen and oxygen atoms in total. The van der Waals surface area contributed by atoms with Gasteiger partial charge in [-0.1, -0.05) is 44.2 Å². The number of hydrogen-bond acceptors (Lipinski definition) is 4. The highest BCUT2D eigenvalue weighted by Crippen LogP contribution is 2.12. The molecule has 2 rings (SSSR count). The Labute approximate surface area is 154 Å². The summed E-state index contributed by atoms with van der Waals surface area (Å²) >= 11 is 0. The standard InChI is InChI=1S/C20H28N2O4/c1-14(2)18(21-17(23)13-16-9-5-4-6-10-16)20(25)26-15(3)19(24)22-11-7-8-12-22/h4-6,9-10,14-15,18H,7-8,11-13H2,1-3H3,(H,21,23)/t15-,18-/m0/s1. The van der Waals surface area contributed by atoms with Crippen LogP contribution in [0, 0.1) is 5.92 Å². The largest absolute Gasteiger partial charge is 0.451 e. The average molecular weight is 360 g/mol. The summed E-state index contributed by atoms with van der Waals surface area (Å²) in [7, 11) is 0. The average Bonchev–Trinajstić information content (AvgIpc) is 3.14. The molecule has 6 heteroatoms. The van der Waals surface area contributed by atoms with E-state index in [0.29, 0.717) is 13.1 Å². The number of esters is 1. The predicted octanol–water partition coefficient (Wildman–Crippen LogP) is 1.92. The van der Waals surface area contributed by atoms with Gasteiger partial charge in [-0.15, -0.1) is 0 Å². The van der Waals surface area contributed by atoms with Crippen LogP contribution in [-0.2, 0) is 25.5 Å². The molecule has 0 spiro atoms. The molecule has 0 radical (unpaired) electrons. The third-order valence-electron chi connectivity index (χ3n) is 4.50. The maximum Gasteiger partial charge on any atom is 0.329 e. The summed E-state index contributed by atoms with van der Waals surface area (Å²) in [6.07, 6.45) is 1.32. The zero-order valence-electron chi connectivity index (χ0n) is 15.7. The van der Waals surface area contributed by atoms with E-state index in [2.05, 4.69) is 5.32 Å². The maximum atomic E-state index is 12.5. The molecule has 0 aromatic heterocycles. The van der Waals surface area contributed by atoms with Crippen molar-refractivity contribution in [3.63, 3.8) is 0 Å². The molecule has 1 aromatic rings. The third kappa shape index (κ3) is 5.58. The summed E-state index contributed by atoms with van der Waals surface area (Å²) in [5.41, 5.74) is 0.874. The Bertz CT molecular complexity index is 624. The number of rotatable bonds is 7. The van der Waals surface area contributed by atoms with Crippen molar-refractivity contribution in [1.29, 1.82) is 0 Å². The zero-order chi connectivity index (χ0) is 19.1. The van der Waals surface area contributed by atoms with Crippen LogP contribution in [0.1, 0.15) is 39.2 Å². The van der Waals surface area contributed by atoms with E-state index in [9.17, 15) is 14.4 Å². The van der Waals surface area contributed by atoms with Crippen molar-refractivity contribution in [3.05, 3.63) is 35.9 Å². The van der Waals surface area contributed by atoms with E-state index in [0.717, 1.165) is 18.4 Å². The van der Waals surface area contributed by atoms with Crippen molar-refractivity contribution in [2.45, 2.75) is 52.2 Å². The van der Waals surface area contributed by atoms with E-state index in [4.69, 9.17) is 4.74 Å². The van der Waals surface area contributed by atoms with Gasteiger partial charge in [0, 0.05) is 13.1 Å². The van der Waals surface area contributed by atoms with Crippen molar-refractivity contribution in [2.24, 2.45) is 5.92 Å². The molecular formula is C20H28N2O4. The summed E-state index contributed by atoms with van der Waals surface area (Å²) in [6, 6.07) is 8.55. The second-order valence-electron chi connectivity index (χ2n) is 7.06. The van der Waals surface area contributed by atoms with E-state index in [1.807, 2.05) is 44.2 Å². The van der Waals surface area contributed by atoms with Crippen LogP contribution in [0.4, 0.5) is 0 Å². The van der Waals surface area contributed by atoms with Crippen LogP contribution in [0.5, 0.6) is 0 Å². The molecule has 2 amide bonds. The normalized spacial score (nSPS) is 16.2. The van der Waals surface area contributed by atoms with Crippen LogP contribution in [0.15, 0.2) is 30.3 Å². The third-order valence-corrected chi connectivity index (χ3v) is 4.50. The minimum Gasteiger partial charge on any atom is -0.451 e. The van der Waals surface area contributed by atoms with E-state index in [-0.39, 0.29) is 24.2 Å². The molecule has 1 heterocycles. The Morgan fingerprint density at radius 3 is 2.27 bits per heavy atom. The summed E-state index contributed by atoms with van der Waals surface area (Å²) in [6.45, 7) is 6.68. The van der Waals surface area contributed by atoms with E-state index in [1.165, 1.54) is 0 Å². The molecule has 2 atom stereocenters. The number of nitrogens with one attached hydrogen (secondary N) is 1. The van der Waals surface area contributed by atoms with Gasteiger partial charge in [-0.3, -0.25) is 9.59 Å². The number of nitrogens with zero attached hydrogens (tertiary/aromatic N) is 1. The lowest BCUT2D eigenvalue weighted by molar-refractivity contribution is -0.161. The van der Waals surface area contributed by atoms with Crippen molar-refractivity contribution < 1.29 is 19.1 Å². The predicted molar refractivity (Wildman–Crippen MR) is 98.3 cm³/mol. The lowest BCUT2D eigenvalue weighted by Crippen LogP contribution is -2.48. The SMILES string of the molecule is CC(C)[C@H](NC(=O)Cc1ccccc1)C(=O)O[C@@H](C)C(=O)N1CCCC1. The fourth-order valence-corrected chi connectivity index (χ4v) is 3.00. The molecule has 1 aliphatic heterocycles. The quantitative estimate of drug-likeness (QED) is 0.754. The number of amides is 2. The van der Waals surface area contributed by atoms with Crippen molar-refractivity contribution in [1.82, 2.24) is 10.2 Å². The molecule has 1 N–H and O–H groups in total. The lowest BCUT2D eigenvalue weighted by Gasteiger charge is -2.25. The Kier molecular flexibility index (Phi) is 7.18. The smallest absolute Gasteiger partial charge is 0.329 e. The molecular weight excluding hydrogens is 332 g/mol. The van der Waals surface area contributed by atoms with Crippen LogP contribution in [-0.4, -0.2) is 47.9 Å². The second-order valence-corrected chi connectivity index (χ2v) is 7.06. The first-order chi connectivity index (χ1) is 12.4. The van der Waals surface area contributed by atoms with Crippen LogP contribution >= 0.6 is 0 Å². The van der Waals surface area contributed by atoms with Crippen molar-refractivity contribution in [2.75, 3.05) is 13.1 Å². The number of likely N-dealkylation sites (tertiary alicyclic amines) is 1. The number of hydrogen-bond donors (Lipinski definition) is 1. The zero-order valence-corrected chi connectivity index (χ0v) is 15.7. The highest BCUT2D eigenvalue weighted by molar-refractivity contribution is 5.88. The van der Waals surface area contributed by atoms with Gasteiger partial charge in [0.15, 0.2) is 6.10 Å². The lowest BCUT2D eigenvalue weighted by atomic mass is 10.0. The van der Waals surface area contributed by atoms with Gasteiger partial charge in [-0.05, 0) is 31.2 Å². The van der Waals surface area contributed by atoms with Crippen LogP contribution in [0.3, 0.4) is 0 Å². The molecule has 0 aliphatic carbocycles. The Hall–Kier alpha value is -2.37. The summed E-state index contributed by atoms with van der Waals surface area (Å²) in [5.74, 6) is -1.13. The number of carbonyl (C=O) groups excluding carboxylic acids is 3. The van der Waals surface area contributed by atoms with Gasteiger partial charge in [0.1, 0.15) is 6.04 Å². The van der Waals surface area contributed by atoms with E-state index in [1.54, 1.807) is 11.8 Å². The molecule has 26 heavy (non-hydrogen) atoms. The van der Waals surface area contributed by atoms with Crippen LogP contribution in [0.25, 0.3) is 0 Å². The molecule has 0 bridgehead atoms. The minimum absolute atomic E-state index is 0.142.